The van der Waals surface area contributed by atoms with Crippen molar-refractivity contribution < 1.29 is 27.5 Å². The summed E-state index contributed by atoms with van der Waals surface area (Å²) >= 11 is 0. The lowest BCUT2D eigenvalue weighted by Gasteiger charge is -2.24. The standard InChI is InChI=1S/C31H30N2O6S/c1-2-3-22-38-31(35)24-14-16-25(17-15-24)32-30(34)23-33(40(36,37)29-12-8-5-9-13-29)26-18-20-28(21-19-26)39-27-10-6-4-7-11-27/h4-21H,2-3,22-23H2,1H3,(H,32,34). The number of amides is 1. The average molecular weight is 559 g/mol. The minimum absolute atomic E-state index is 0.0540. The third-order valence-electron chi connectivity index (χ3n) is 5.86. The van der Waals surface area contributed by atoms with Crippen LogP contribution in [-0.2, 0) is 19.6 Å². The lowest BCUT2D eigenvalue weighted by atomic mass is 10.2. The molecule has 4 rings (SSSR count). The molecule has 9 heteroatoms. The van der Waals surface area contributed by atoms with Gasteiger partial charge in [-0.3, -0.25) is 9.10 Å². The lowest BCUT2D eigenvalue weighted by molar-refractivity contribution is -0.114. The number of hydrogen-bond donors (Lipinski definition) is 1. The summed E-state index contributed by atoms with van der Waals surface area (Å²) in [6.45, 7) is 1.88. The molecule has 8 nitrogen and oxygen atoms in total. The number of carbonyl (C=O) groups excluding carboxylic acids is 2. The predicted molar refractivity (Wildman–Crippen MR) is 154 cm³/mol. The molecule has 0 atom stereocenters. The SMILES string of the molecule is CCCCOC(=O)c1ccc(NC(=O)CN(c2ccc(Oc3ccccc3)cc2)S(=O)(=O)c2ccccc2)cc1. The van der Waals surface area contributed by atoms with E-state index >= 15 is 0 Å². The van der Waals surface area contributed by atoms with E-state index in [1.165, 1.54) is 12.1 Å². The van der Waals surface area contributed by atoms with E-state index in [-0.39, 0.29) is 4.90 Å². The second-order valence-corrected chi connectivity index (χ2v) is 10.7. The van der Waals surface area contributed by atoms with E-state index in [0.717, 1.165) is 17.1 Å². The number of nitrogens with zero attached hydrogens (tertiary/aromatic N) is 1. The number of nitrogens with one attached hydrogen (secondary N) is 1. The second-order valence-electron chi connectivity index (χ2n) is 8.85. The third-order valence-corrected chi connectivity index (χ3v) is 7.65. The van der Waals surface area contributed by atoms with E-state index in [9.17, 15) is 18.0 Å². The molecule has 4 aromatic rings. The summed E-state index contributed by atoms with van der Waals surface area (Å²) in [5.74, 6) is 0.168. The Morgan fingerprint density at radius 2 is 1.38 bits per heavy atom. The number of hydrogen-bond acceptors (Lipinski definition) is 6. The van der Waals surface area contributed by atoms with Crippen molar-refractivity contribution in [2.45, 2.75) is 24.7 Å². The van der Waals surface area contributed by atoms with Crippen molar-refractivity contribution in [1.82, 2.24) is 0 Å². The molecule has 0 spiro atoms. The zero-order valence-corrected chi connectivity index (χ0v) is 22.8. The number of benzene rings is 4. The summed E-state index contributed by atoms with van der Waals surface area (Å²) in [6, 6.07) is 29.8. The minimum Gasteiger partial charge on any atom is -0.462 e. The molecule has 0 aliphatic heterocycles. The highest BCUT2D eigenvalue weighted by atomic mass is 32.2. The van der Waals surface area contributed by atoms with E-state index in [2.05, 4.69) is 5.32 Å². The van der Waals surface area contributed by atoms with Crippen LogP contribution in [0.5, 0.6) is 11.5 Å². The molecule has 0 saturated carbocycles. The van der Waals surface area contributed by atoms with Crippen LogP contribution >= 0.6 is 0 Å². The Morgan fingerprint density at radius 3 is 2.00 bits per heavy atom. The Hall–Kier alpha value is -4.63. The maximum absolute atomic E-state index is 13.6. The summed E-state index contributed by atoms with van der Waals surface area (Å²) < 4.78 is 39.2. The van der Waals surface area contributed by atoms with Crippen molar-refractivity contribution in [2.24, 2.45) is 0 Å². The molecule has 4 aromatic carbocycles. The number of anilines is 2. The molecule has 1 N–H and O–H groups in total. The Balaban J connectivity index is 1.51. The first-order valence-electron chi connectivity index (χ1n) is 12.8. The van der Waals surface area contributed by atoms with Gasteiger partial charge in [0.15, 0.2) is 0 Å². The van der Waals surface area contributed by atoms with Gasteiger partial charge in [-0.1, -0.05) is 49.7 Å². The van der Waals surface area contributed by atoms with Crippen LogP contribution in [-0.4, -0.2) is 33.4 Å². The van der Waals surface area contributed by atoms with Gasteiger partial charge in [-0.25, -0.2) is 13.2 Å². The highest BCUT2D eigenvalue weighted by molar-refractivity contribution is 7.92. The Bertz CT molecular complexity index is 1510. The van der Waals surface area contributed by atoms with Crippen molar-refractivity contribution in [1.29, 1.82) is 0 Å². The molecule has 0 radical (unpaired) electrons. The van der Waals surface area contributed by atoms with Gasteiger partial charge in [-0.05, 0) is 79.2 Å². The molecule has 0 aliphatic rings. The van der Waals surface area contributed by atoms with Crippen molar-refractivity contribution in [3.8, 4) is 11.5 Å². The smallest absolute Gasteiger partial charge is 0.338 e. The Morgan fingerprint density at radius 1 is 0.775 bits per heavy atom. The molecule has 0 fully saturated rings. The Labute approximate surface area is 234 Å². The highest BCUT2D eigenvalue weighted by Crippen LogP contribution is 2.28. The van der Waals surface area contributed by atoms with E-state index in [4.69, 9.17) is 9.47 Å². The Kier molecular flexibility index (Phi) is 9.53. The maximum Gasteiger partial charge on any atom is 0.338 e. The molecular weight excluding hydrogens is 528 g/mol. The molecule has 1 amide bonds. The fourth-order valence-corrected chi connectivity index (χ4v) is 5.19. The number of para-hydroxylation sites is 1. The van der Waals surface area contributed by atoms with Gasteiger partial charge in [0.2, 0.25) is 5.91 Å². The van der Waals surface area contributed by atoms with E-state index in [1.54, 1.807) is 66.7 Å². The zero-order valence-electron chi connectivity index (χ0n) is 22.0. The second kappa shape index (κ2) is 13.4. The van der Waals surface area contributed by atoms with Crippen LogP contribution in [0.2, 0.25) is 0 Å². The number of carbonyl (C=O) groups is 2. The fraction of sp³-hybridized carbons (Fsp3) is 0.161. The normalized spacial score (nSPS) is 10.9. The number of sulfonamides is 1. The van der Waals surface area contributed by atoms with Crippen LogP contribution in [0, 0.1) is 0 Å². The van der Waals surface area contributed by atoms with Gasteiger partial charge in [0, 0.05) is 5.69 Å². The molecule has 206 valence electrons. The van der Waals surface area contributed by atoms with Gasteiger partial charge < -0.3 is 14.8 Å². The maximum atomic E-state index is 13.6. The third kappa shape index (κ3) is 7.48. The van der Waals surface area contributed by atoms with Crippen LogP contribution in [0.15, 0.2) is 114 Å². The molecule has 40 heavy (non-hydrogen) atoms. The van der Waals surface area contributed by atoms with Crippen molar-refractivity contribution >= 4 is 33.3 Å². The summed E-state index contributed by atoms with van der Waals surface area (Å²) in [5.41, 5.74) is 1.07. The van der Waals surface area contributed by atoms with Crippen molar-refractivity contribution in [3.05, 3.63) is 115 Å². The van der Waals surface area contributed by atoms with Crippen molar-refractivity contribution in [2.75, 3.05) is 22.8 Å². The van der Waals surface area contributed by atoms with Gasteiger partial charge in [0.25, 0.3) is 10.0 Å². The lowest BCUT2D eigenvalue weighted by Crippen LogP contribution is -2.38. The van der Waals surface area contributed by atoms with E-state index in [1.807, 2.05) is 37.3 Å². The largest absolute Gasteiger partial charge is 0.462 e. The molecule has 0 heterocycles. The first kappa shape index (κ1) is 28.4. The van der Waals surface area contributed by atoms with Crippen LogP contribution in [0.1, 0.15) is 30.1 Å². The summed E-state index contributed by atoms with van der Waals surface area (Å²) in [5, 5.41) is 2.71. The zero-order chi connectivity index (χ0) is 28.4. The molecular formula is C31H30N2O6S. The van der Waals surface area contributed by atoms with Crippen LogP contribution in [0.4, 0.5) is 11.4 Å². The number of ether oxygens (including phenoxy) is 2. The molecule has 0 saturated heterocycles. The van der Waals surface area contributed by atoms with Gasteiger partial charge in [-0.2, -0.15) is 0 Å². The topological polar surface area (TPSA) is 102 Å². The van der Waals surface area contributed by atoms with Crippen LogP contribution in [0.3, 0.4) is 0 Å². The van der Waals surface area contributed by atoms with Gasteiger partial charge >= 0.3 is 5.97 Å². The van der Waals surface area contributed by atoms with Crippen molar-refractivity contribution in [3.63, 3.8) is 0 Å². The monoisotopic (exact) mass is 558 g/mol. The fourth-order valence-electron chi connectivity index (χ4n) is 3.75. The number of rotatable bonds is 12. The molecule has 0 bridgehead atoms. The van der Waals surface area contributed by atoms with Crippen LogP contribution < -0.4 is 14.4 Å². The molecule has 0 aromatic heterocycles. The first-order chi connectivity index (χ1) is 19.4. The molecule has 0 aliphatic carbocycles. The van der Waals surface area contributed by atoms with Gasteiger partial charge in [-0.15, -0.1) is 0 Å². The predicted octanol–water partition coefficient (Wildman–Crippen LogP) is 6.27. The van der Waals surface area contributed by atoms with Gasteiger partial charge in [0.1, 0.15) is 18.0 Å². The van der Waals surface area contributed by atoms with Crippen LogP contribution in [0.25, 0.3) is 0 Å². The minimum atomic E-state index is -4.07. The number of esters is 1. The summed E-state index contributed by atoms with van der Waals surface area (Å²) in [6.07, 6.45) is 1.70. The van der Waals surface area contributed by atoms with E-state index in [0.29, 0.717) is 35.0 Å². The number of unbranched alkanes of at least 4 members (excludes halogenated alkanes) is 1. The highest BCUT2D eigenvalue weighted by Gasteiger charge is 2.27. The quantitative estimate of drug-likeness (QED) is 0.162. The summed E-state index contributed by atoms with van der Waals surface area (Å²) in [7, 11) is -4.07. The average Bonchev–Trinajstić information content (AvgIpc) is 2.98. The van der Waals surface area contributed by atoms with Gasteiger partial charge in [0.05, 0.1) is 22.8 Å². The molecule has 0 unspecified atom stereocenters. The summed E-state index contributed by atoms with van der Waals surface area (Å²) in [4.78, 5) is 25.2. The first-order valence-corrected chi connectivity index (χ1v) is 14.3. The van der Waals surface area contributed by atoms with E-state index < -0.39 is 28.4 Å².